The van der Waals surface area contributed by atoms with E-state index in [1.165, 1.54) is 32.1 Å². The second-order valence-electron chi connectivity index (χ2n) is 6.30. The molecular formula is C16H25N3O2S. The quantitative estimate of drug-likeness (QED) is 0.863. The Morgan fingerprint density at radius 3 is 2.09 bits per heavy atom. The number of nitrogens with zero attached hydrogens (tertiary/aromatic N) is 2. The molecule has 1 aromatic carbocycles. The standard InChI is InChI=1S/C16H25N3O2S/c17-14-6-8-16(9-7-14)22(20,21)19-12-10-18(11-13-19)15-4-2-1-3-5-15/h6-9,15H,1-5,10-13,17H2. The Hall–Kier alpha value is -1.11. The maximum absolute atomic E-state index is 12.6. The number of nitrogen functional groups attached to an aromatic ring is 1. The normalized spacial score (nSPS) is 22.7. The Balaban J connectivity index is 1.63. The van der Waals surface area contributed by atoms with Crippen LogP contribution >= 0.6 is 0 Å². The Labute approximate surface area is 133 Å². The van der Waals surface area contributed by atoms with Crippen molar-refractivity contribution < 1.29 is 8.42 Å². The number of hydrogen-bond donors (Lipinski definition) is 1. The van der Waals surface area contributed by atoms with Crippen LogP contribution in [0.15, 0.2) is 29.2 Å². The van der Waals surface area contributed by atoms with Crippen molar-refractivity contribution in [3.8, 4) is 0 Å². The lowest BCUT2D eigenvalue weighted by Crippen LogP contribution is -2.52. The molecule has 1 aliphatic heterocycles. The summed E-state index contributed by atoms with van der Waals surface area (Å²) in [5.41, 5.74) is 6.22. The first-order valence-corrected chi connectivity index (χ1v) is 9.61. The van der Waals surface area contributed by atoms with E-state index in [0.29, 0.717) is 29.7 Å². The van der Waals surface area contributed by atoms with Gasteiger partial charge < -0.3 is 5.73 Å². The third-order valence-electron chi connectivity index (χ3n) is 4.88. The van der Waals surface area contributed by atoms with Gasteiger partial charge in [0.25, 0.3) is 0 Å². The predicted octanol–water partition coefficient (Wildman–Crippen LogP) is 1.91. The van der Waals surface area contributed by atoms with E-state index in [9.17, 15) is 8.42 Å². The summed E-state index contributed by atoms with van der Waals surface area (Å²) in [6.45, 7) is 2.87. The lowest BCUT2D eigenvalue weighted by Gasteiger charge is -2.40. The van der Waals surface area contributed by atoms with E-state index < -0.39 is 10.0 Å². The Kier molecular flexibility index (Phi) is 4.70. The molecule has 0 atom stereocenters. The smallest absolute Gasteiger partial charge is 0.243 e. The number of rotatable bonds is 3. The van der Waals surface area contributed by atoms with Crippen LogP contribution in [0.1, 0.15) is 32.1 Å². The number of nitrogens with two attached hydrogens (primary N) is 1. The molecule has 0 unspecified atom stereocenters. The third-order valence-corrected chi connectivity index (χ3v) is 6.80. The molecule has 22 heavy (non-hydrogen) atoms. The van der Waals surface area contributed by atoms with Gasteiger partial charge in [-0.3, -0.25) is 4.90 Å². The van der Waals surface area contributed by atoms with Gasteiger partial charge in [-0.05, 0) is 37.1 Å². The van der Waals surface area contributed by atoms with Gasteiger partial charge in [0.2, 0.25) is 10.0 Å². The van der Waals surface area contributed by atoms with Gasteiger partial charge in [0, 0.05) is 37.9 Å². The molecular weight excluding hydrogens is 298 g/mol. The van der Waals surface area contributed by atoms with Gasteiger partial charge in [-0.25, -0.2) is 8.42 Å². The highest BCUT2D eigenvalue weighted by Gasteiger charge is 2.31. The van der Waals surface area contributed by atoms with E-state index in [-0.39, 0.29) is 0 Å². The molecule has 1 saturated heterocycles. The van der Waals surface area contributed by atoms with Crippen LogP contribution in [0.25, 0.3) is 0 Å². The van der Waals surface area contributed by atoms with Crippen LogP contribution in [0.5, 0.6) is 0 Å². The second kappa shape index (κ2) is 6.56. The summed E-state index contributed by atoms with van der Waals surface area (Å²) >= 11 is 0. The van der Waals surface area contributed by atoms with Crippen LogP contribution in [0.4, 0.5) is 5.69 Å². The average Bonchev–Trinajstić information content (AvgIpc) is 2.56. The molecule has 1 heterocycles. The van der Waals surface area contributed by atoms with E-state index >= 15 is 0 Å². The van der Waals surface area contributed by atoms with Crippen molar-refractivity contribution in [1.82, 2.24) is 9.21 Å². The minimum atomic E-state index is -3.38. The fourth-order valence-electron chi connectivity index (χ4n) is 3.54. The summed E-state index contributed by atoms with van der Waals surface area (Å²) in [4.78, 5) is 2.82. The van der Waals surface area contributed by atoms with Crippen LogP contribution in [0.2, 0.25) is 0 Å². The molecule has 2 fully saturated rings. The van der Waals surface area contributed by atoms with Crippen LogP contribution in [-0.2, 0) is 10.0 Å². The lowest BCUT2D eigenvalue weighted by atomic mass is 9.94. The maximum Gasteiger partial charge on any atom is 0.243 e. The van der Waals surface area contributed by atoms with Crippen molar-refractivity contribution in [2.75, 3.05) is 31.9 Å². The van der Waals surface area contributed by atoms with E-state index in [2.05, 4.69) is 4.90 Å². The zero-order valence-corrected chi connectivity index (χ0v) is 13.8. The van der Waals surface area contributed by atoms with Gasteiger partial charge in [0.1, 0.15) is 0 Å². The van der Waals surface area contributed by atoms with Crippen molar-refractivity contribution in [2.45, 2.75) is 43.0 Å². The van der Waals surface area contributed by atoms with Gasteiger partial charge in [0.05, 0.1) is 4.90 Å². The maximum atomic E-state index is 12.6. The molecule has 0 radical (unpaired) electrons. The average molecular weight is 323 g/mol. The molecule has 1 aliphatic carbocycles. The van der Waals surface area contributed by atoms with Gasteiger partial charge in [-0.15, -0.1) is 0 Å². The molecule has 0 aromatic heterocycles. The number of hydrogen-bond acceptors (Lipinski definition) is 4. The van der Waals surface area contributed by atoms with Crippen molar-refractivity contribution in [2.24, 2.45) is 0 Å². The monoisotopic (exact) mass is 323 g/mol. The number of sulfonamides is 1. The highest BCUT2D eigenvalue weighted by molar-refractivity contribution is 7.89. The summed E-state index contributed by atoms with van der Waals surface area (Å²) in [6, 6.07) is 7.14. The van der Waals surface area contributed by atoms with Gasteiger partial charge in [-0.1, -0.05) is 19.3 Å². The summed E-state index contributed by atoms with van der Waals surface area (Å²) < 4.78 is 26.9. The topological polar surface area (TPSA) is 66.6 Å². The highest BCUT2D eigenvalue weighted by Crippen LogP contribution is 2.25. The summed E-state index contributed by atoms with van der Waals surface area (Å²) in [5, 5.41) is 0. The van der Waals surface area contributed by atoms with Crippen molar-refractivity contribution in [1.29, 1.82) is 0 Å². The molecule has 3 rings (SSSR count). The summed E-state index contributed by atoms with van der Waals surface area (Å²) in [6.07, 6.45) is 6.51. The highest BCUT2D eigenvalue weighted by atomic mass is 32.2. The van der Waals surface area contributed by atoms with Crippen LogP contribution in [0.3, 0.4) is 0 Å². The predicted molar refractivity (Wildman–Crippen MR) is 88.1 cm³/mol. The fraction of sp³-hybridized carbons (Fsp3) is 0.625. The van der Waals surface area contributed by atoms with E-state index in [0.717, 1.165) is 13.1 Å². The molecule has 0 amide bonds. The molecule has 5 nitrogen and oxygen atoms in total. The zero-order chi connectivity index (χ0) is 15.6. The first-order valence-electron chi connectivity index (χ1n) is 8.17. The zero-order valence-electron chi connectivity index (χ0n) is 12.9. The molecule has 0 bridgehead atoms. The number of anilines is 1. The number of benzene rings is 1. The summed E-state index contributed by atoms with van der Waals surface area (Å²) in [7, 11) is -3.38. The molecule has 1 aromatic rings. The van der Waals surface area contributed by atoms with Gasteiger partial charge in [-0.2, -0.15) is 4.31 Å². The number of piperazine rings is 1. The minimum absolute atomic E-state index is 0.341. The third kappa shape index (κ3) is 3.29. The van der Waals surface area contributed by atoms with Crippen molar-refractivity contribution >= 4 is 15.7 Å². The first kappa shape index (κ1) is 15.8. The Morgan fingerprint density at radius 2 is 1.50 bits per heavy atom. The van der Waals surface area contributed by atoms with Crippen LogP contribution in [0, 0.1) is 0 Å². The second-order valence-corrected chi connectivity index (χ2v) is 8.24. The lowest BCUT2D eigenvalue weighted by molar-refractivity contribution is 0.111. The van der Waals surface area contributed by atoms with E-state index in [4.69, 9.17) is 5.73 Å². The Bertz CT molecular complexity index is 586. The SMILES string of the molecule is Nc1ccc(S(=O)(=O)N2CCN(C3CCCCC3)CC2)cc1. The fourth-order valence-corrected chi connectivity index (χ4v) is 4.97. The van der Waals surface area contributed by atoms with Crippen LogP contribution in [-0.4, -0.2) is 49.8 Å². The Morgan fingerprint density at radius 1 is 0.909 bits per heavy atom. The first-order chi connectivity index (χ1) is 10.6. The molecule has 6 heteroatoms. The molecule has 2 N–H and O–H groups in total. The van der Waals surface area contributed by atoms with Crippen molar-refractivity contribution in [3.63, 3.8) is 0 Å². The van der Waals surface area contributed by atoms with Gasteiger partial charge >= 0.3 is 0 Å². The van der Waals surface area contributed by atoms with E-state index in [1.807, 2.05) is 0 Å². The molecule has 2 aliphatic rings. The minimum Gasteiger partial charge on any atom is -0.399 e. The molecule has 122 valence electrons. The molecule has 1 saturated carbocycles. The largest absolute Gasteiger partial charge is 0.399 e. The summed E-state index contributed by atoms with van der Waals surface area (Å²) in [5.74, 6) is 0. The molecule has 0 spiro atoms. The van der Waals surface area contributed by atoms with Crippen LogP contribution < -0.4 is 5.73 Å². The van der Waals surface area contributed by atoms with Crippen molar-refractivity contribution in [3.05, 3.63) is 24.3 Å². The van der Waals surface area contributed by atoms with E-state index in [1.54, 1.807) is 28.6 Å². The van der Waals surface area contributed by atoms with Gasteiger partial charge in [0.15, 0.2) is 0 Å².